The van der Waals surface area contributed by atoms with E-state index in [2.05, 4.69) is 22.4 Å². The fourth-order valence-corrected chi connectivity index (χ4v) is 2.65. The maximum absolute atomic E-state index is 11.5. The molecule has 6 nitrogen and oxygen atoms in total. The second-order valence-electron chi connectivity index (χ2n) is 4.44. The summed E-state index contributed by atoms with van der Waals surface area (Å²) in [7, 11) is 0. The van der Waals surface area contributed by atoms with Crippen molar-refractivity contribution in [3.8, 4) is 0 Å². The Labute approximate surface area is 126 Å². The number of benzene rings is 1. The molecule has 1 aliphatic rings. The van der Waals surface area contributed by atoms with Crippen LogP contribution in [-0.2, 0) is 16.0 Å². The number of carboxylic acid groups (broad SMARTS) is 1. The molecule has 2 rings (SSSR count). The van der Waals surface area contributed by atoms with Crippen LogP contribution in [0.5, 0.6) is 0 Å². The maximum atomic E-state index is 11.5. The van der Waals surface area contributed by atoms with Gasteiger partial charge < -0.3 is 10.4 Å². The second kappa shape index (κ2) is 7.03. The number of carboxylic acids is 1. The van der Waals surface area contributed by atoms with E-state index >= 15 is 0 Å². The first-order valence-corrected chi connectivity index (χ1v) is 7.35. The van der Waals surface area contributed by atoms with Crippen molar-refractivity contribution in [2.75, 3.05) is 0 Å². The third-order valence-corrected chi connectivity index (χ3v) is 3.95. The molecule has 7 heteroatoms. The number of aryl methyl sites for hydroxylation is 1. The summed E-state index contributed by atoms with van der Waals surface area (Å²) in [4.78, 5) is 22.1. The number of carbonyl (C=O) groups is 2. The predicted octanol–water partition coefficient (Wildman–Crippen LogP) is 1.65. The topological polar surface area (TPSA) is 91.1 Å². The highest BCUT2D eigenvalue weighted by Crippen LogP contribution is 2.22. The average molecular weight is 305 g/mol. The molecule has 0 bridgehead atoms. The van der Waals surface area contributed by atoms with Crippen LogP contribution in [0.2, 0.25) is 0 Å². The van der Waals surface area contributed by atoms with Crippen molar-refractivity contribution >= 4 is 35.0 Å². The van der Waals surface area contributed by atoms with Crippen molar-refractivity contribution < 1.29 is 14.7 Å². The van der Waals surface area contributed by atoms with E-state index in [1.54, 1.807) is 6.21 Å². The summed E-state index contributed by atoms with van der Waals surface area (Å²) in [6, 6.07) is 7.92. The highest BCUT2D eigenvalue weighted by atomic mass is 32.2. The van der Waals surface area contributed by atoms with Crippen LogP contribution in [0.4, 0.5) is 0 Å². The minimum absolute atomic E-state index is 0.224. The first-order chi connectivity index (χ1) is 10.1. The zero-order valence-electron chi connectivity index (χ0n) is 11.4. The third kappa shape index (κ3) is 4.42. The van der Waals surface area contributed by atoms with E-state index in [1.165, 1.54) is 5.56 Å². The monoisotopic (exact) mass is 305 g/mol. The van der Waals surface area contributed by atoms with Crippen molar-refractivity contribution in [2.24, 2.45) is 10.2 Å². The molecule has 1 heterocycles. The van der Waals surface area contributed by atoms with E-state index in [1.807, 2.05) is 24.3 Å². The summed E-state index contributed by atoms with van der Waals surface area (Å²) in [5.74, 6) is -1.35. The van der Waals surface area contributed by atoms with Gasteiger partial charge in [0.25, 0.3) is 0 Å². The van der Waals surface area contributed by atoms with Crippen LogP contribution in [0.3, 0.4) is 0 Å². The minimum Gasteiger partial charge on any atom is -0.481 e. The number of amides is 1. The lowest BCUT2D eigenvalue weighted by atomic mass is 10.1. The third-order valence-electron chi connectivity index (χ3n) is 2.88. The smallest absolute Gasteiger partial charge is 0.305 e. The standard InChI is InChI=1S/C14H15N3O3S/c1-2-9-3-5-10(6-4-9)8-15-17-14-16-13(20)11(21-14)7-12(18)19/h3-6,8,11H,2,7H2,1H3,(H,18,19)(H,16,17,20)/b15-8+. The number of rotatable bonds is 5. The highest BCUT2D eigenvalue weighted by Gasteiger charge is 2.32. The van der Waals surface area contributed by atoms with Gasteiger partial charge in [0, 0.05) is 0 Å². The second-order valence-corrected chi connectivity index (χ2v) is 5.63. The SMILES string of the molecule is CCc1ccc(/C=N/N=C2\NC(=O)C(CC(=O)O)S2)cc1. The molecule has 1 aliphatic heterocycles. The van der Waals surface area contributed by atoms with Crippen LogP contribution in [0.1, 0.15) is 24.5 Å². The lowest BCUT2D eigenvalue weighted by Gasteiger charge is -1.97. The van der Waals surface area contributed by atoms with Gasteiger partial charge >= 0.3 is 5.97 Å². The van der Waals surface area contributed by atoms with Gasteiger partial charge in [-0.2, -0.15) is 5.10 Å². The molecule has 0 saturated carbocycles. The van der Waals surface area contributed by atoms with Crippen molar-refractivity contribution in [3.63, 3.8) is 0 Å². The van der Waals surface area contributed by atoms with Crippen LogP contribution in [0, 0.1) is 0 Å². The number of nitrogens with zero attached hydrogens (tertiary/aromatic N) is 2. The largest absolute Gasteiger partial charge is 0.481 e. The highest BCUT2D eigenvalue weighted by molar-refractivity contribution is 8.15. The molecule has 0 radical (unpaired) electrons. The summed E-state index contributed by atoms with van der Waals surface area (Å²) < 4.78 is 0. The fourth-order valence-electron chi connectivity index (χ4n) is 1.73. The van der Waals surface area contributed by atoms with E-state index in [4.69, 9.17) is 5.11 Å². The van der Waals surface area contributed by atoms with Crippen molar-refractivity contribution in [1.29, 1.82) is 0 Å². The van der Waals surface area contributed by atoms with Crippen LogP contribution >= 0.6 is 11.8 Å². The number of hydrogen-bond donors (Lipinski definition) is 2. The zero-order valence-corrected chi connectivity index (χ0v) is 12.3. The fraction of sp³-hybridized carbons (Fsp3) is 0.286. The summed E-state index contributed by atoms with van der Waals surface area (Å²) in [6.45, 7) is 2.09. The van der Waals surface area contributed by atoms with Crippen molar-refractivity contribution in [1.82, 2.24) is 5.32 Å². The van der Waals surface area contributed by atoms with E-state index < -0.39 is 11.2 Å². The molecule has 2 N–H and O–H groups in total. The maximum Gasteiger partial charge on any atom is 0.305 e. The summed E-state index contributed by atoms with van der Waals surface area (Å²) >= 11 is 1.08. The Balaban J connectivity index is 1.96. The van der Waals surface area contributed by atoms with Gasteiger partial charge in [0.05, 0.1) is 12.6 Å². The van der Waals surface area contributed by atoms with Gasteiger partial charge in [-0.3, -0.25) is 9.59 Å². The Morgan fingerprint density at radius 2 is 2.14 bits per heavy atom. The molecule has 1 aromatic carbocycles. The Kier molecular flexibility index (Phi) is 5.10. The number of amidine groups is 1. The normalized spacial score (nSPS) is 20.1. The van der Waals surface area contributed by atoms with Gasteiger partial charge in [-0.05, 0) is 17.5 Å². The molecule has 1 amide bonds. The quantitative estimate of drug-likeness (QED) is 0.639. The molecular weight excluding hydrogens is 290 g/mol. The van der Waals surface area contributed by atoms with Crippen molar-refractivity contribution in [2.45, 2.75) is 25.0 Å². The van der Waals surface area contributed by atoms with Gasteiger partial charge in [0.1, 0.15) is 5.25 Å². The van der Waals surface area contributed by atoms with E-state index in [-0.39, 0.29) is 12.3 Å². The van der Waals surface area contributed by atoms with Gasteiger partial charge in [0.15, 0.2) is 5.17 Å². The number of nitrogens with one attached hydrogen (secondary N) is 1. The molecule has 1 aromatic rings. The Hall–Kier alpha value is -2.15. The molecule has 1 unspecified atom stereocenters. The van der Waals surface area contributed by atoms with Crippen LogP contribution in [-0.4, -0.2) is 33.6 Å². The molecule has 21 heavy (non-hydrogen) atoms. The van der Waals surface area contributed by atoms with Gasteiger partial charge in [0.2, 0.25) is 5.91 Å². The molecule has 110 valence electrons. The summed E-state index contributed by atoms with van der Waals surface area (Å²) in [5.41, 5.74) is 2.15. The Morgan fingerprint density at radius 1 is 1.43 bits per heavy atom. The summed E-state index contributed by atoms with van der Waals surface area (Å²) in [6.07, 6.45) is 2.34. The van der Waals surface area contributed by atoms with Gasteiger partial charge in [-0.1, -0.05) is 43.0 Å². The molecule has 0 aliphatic carbocycles. The lowest BCUT2D eigenvalue weighted by molar-refractivity contribution is -0.138. The zero-order chi connectivity index (χ0) is 15.2. The Bertz CT molecular complexity index is 596. The first-order valence-electron chi connectivity index (χ1n) is 6.47. The molecule has 0 aromatic heterocycles. The van der Waals surface area contributed by atoms with E-state index in [9.17, 15) is 9.59 Å². The molecule has 1 atom stereocenters. The van der Waals surface area contributed by atoms with Gasteiger partial charge in [-0.25, -0.2) is 0 Å². The van der Waals surface area contributed by atoms with Crippen molar-refractivity contribution in [3.05, 3.63) is 35.4 Å². The van der Waals surface area contributed by atoms with Crippen LogP contribution < -0.4 is 5.32 Å². The lowest BCUT2D eigenvalue weighted by Crippen LogP contribution is -2.26. The Morgan fingerprint density at radius 3 is 2.76 bits per heavy atom. The number of thioether (sulfide) groups is 1. The molecule has 1 saturated heterocycles. The first kappa shape index (κ1) is 15.2. The molecular formula is C14H15N3O3S. The van der Waals surface area contributed by atoms with Gasteiger partial charge in [-0.15, -0.1) is 5.10 Å². The minimum atomic E-state index is -1.01. The van der Waals surface area contributed by atoms with Crippen LogP contribution in [0.15, 0.2) is 34.5 Å². The number of aliphatic carboxylic acids is 1. The predicted molar refractivity (Wildman–Crippen MR) is 82.6 cm³/mol. The number of carbonyl (C=O) groups excluding carboxylic acids is 1. The molecule has 0 spiro atoms. The molecule has 1 fully saturated rings. The average Bonchev–Trinajstić information content (AvgIpc) is 2.79. The van der Waals surface area contributed by atoms with E-state index in [0.717, 1.165) is 23.7 Å². The number of hydrogen-bond acceptors (Lipinski definition) is 5. The summed E-state index contributed by atoms with van der Waals surface area (Å²) in [5, 5.41) is 18.7. The van der Waals surface area contributed by atoms with E-state index in [0.29, 0.717) is 5.17 Å². The van der Waals surface area contributed by atoms with Crippen LogP contribution in [0.25, 0.3) is 0 Å².